The summed E-state index contributed by atoms with van der Waals surface area (Å²) in [7, 11) is 1.75. The molecule has 11 heteroatoms. The molecule has 0 bridgehead atoms. The van der Waals surface area contributed by atoms with E-state index < -0.39 is 17.9 Å². The molecule has 176 valence electrons. The number of H-pyrrole nitrogens is 1. The zero-order valence-corrected chi connectivity index (χ0v) is 19.6. The Labute approximate surface area is 198 Å². The van der Waals surface area contributed by atoms with Gasteiger partial charge in [-0.15, -0.1) is 25.6 Å². The Hall–Kier alpha value is -2.78. The zero-order chi connectivity index (χ0) is 23.4. The lowest BCUT2D eigenvalue weighted by Gasteiger charge is -2.15. The normalized spacial score (nSPS) is 12.2. The first-order chi connectivity index (χ1) is 14.8. The van der Waals surface area contributed by atoms with Crippen molar-refractivity contribution >= 4 is 35.0 Å². The topological polar surface area (TPSA) is 55.7 Å². The van der Waals surface area contributed by atoms with Crippen LogP contribution in [0.3, 0.4) is 0 Å². The van der Waals surface area contributed by atoms with Crippen LogP contribution in [0.2, 0.25) is 5.02 Å². The number of aromatic nitrogens is 4. The number of alkyl halides is 3. The highest BCUT2D eigenvalue weighted by Crippen LogP contribution is 2.39. The van der Waals surface area contributed by atoms with Crippen molar-refractivity contribution in [2.45, 2.75) is 32.5 Å². The molecule has 5 nitrogen and oxygen atoms in total. The predicted molar refractivity (Wildman–Crippen MR) is 121 cm³/mol. The molecule has 2 heterocycles. The lowest BCUT2D eigenvalue weighted by molar-refractivity contribution is -0.274. The Morgan fingerprint density at radius 3 is 2.39 bits per heavy atom. The van der Waals surface area contributed by atoms with Gasteiger partial charge in [0, 0.05) is 12.5 Å². The number of hydrogen-bond acceptors (Lipinski definition) is 3. The fraction of sp³-hybridized carbons (Fsp3) is 0.273. The van der Waals surface area contributed by atoms with Gasteiger partial charge in [0.15, 0.2) is 5.82 Å². The molecule has 1 N–H and O–H groups in total. The summed E-state index contributed by atoms with van der Waals surface area (Å²) >= 11 is 6.59. The second-order valence-corrected chi connectivity index (χ2v) is 8.74. The number of fused-ring (bicyclic) bond motifs is 1. The number of ether oxygens (including phenoxy) is 1. The van der Waals surface area contributed by atoms with Crippen molar-refractivity contribution in [1.82, 2.24) is 19.7 Å². The molecule has 2 aromatic heterocycles. The number of rotatable bonds is 3. The fourth-order valence-corrected chi connectivity index (χ4v) is 4.04. The molecule has 0 amide bonds. The molecule has 0 fully saturated rings. The molecule has 0 aliphatic carbocycles. The molecule has 0 saturated carbocycles. The maximum atomic E-state index is 14.5. The van der Waals surface area contributed by atoms with Gasteiger partial charge in [-0.05, 0) is 29.8 Å². The van der Waals surface area contributed by atoms with E-state index in [2.05, 4.69) is 19.8 Å². The average Bonchev–Trinajstić information content (AvgIpc) is 3.19. The number of hydrogen-bond donors (Lipinski definition) is 1. The van der Waals surface area contributed by atoms with Crippen molar-refractivity contribution < 1.29 is 22.3 Å². The van der Waals surface area contributed by atoms with E-state index in [1.807, 2.05) is 20.8 Å². The summed E-state index contributed by atoms with van der Waals surface area (Å²) in [6, 6.07) is 7.89. The van der Waals surface area contributed by atoms with E-state index in [4.69, 9.17) is 11.6 Å². The molecule has 0 atom stereocenters. The van der Waals surface area contributed by atoms with Crippen molar-refractivity contribution in [2.24, 2.45) is 7.05 Å². The van der Waals surface area contributed by atoms with Crippen LogP contribution in [0.1, 0.15) is 26.5 Å². The molecule has 0 aliphatic heterocycles. The van der Waals surface area contributed by atoms with Crippen LogP contribution in [0, 0.1) is 5.82 Å². The number of aromatic amines is 1. The molecule has 0 spiro atoms. The van der Waals surface area contributed by atoms with E-state index in [1.54, 1.807) is 17.8 Å². The number of aryl methyl sites for hydroxylation is 1. The van der Waals surface area contributed by atoms with Crippen molar-refractivity contribution in [3.8, 4) is 28.4 Å². The monoisotopic (exact) mass is 502 g/mol. The Morgan fingerprint density at radius 1 is 1.09 bits per heavy atom. The largest absolute Gasteiger partial charge is 0.573 e. The summed E-state index contributed by atoms with van der Waals surface area (Å²) in [6.07, 6.45) is -4.95. The van der Waals surface area contributed by atoms with Gasteiger partial charge >= 0.3 is 6.36 Å². The average molecular weight is 503 g/mol. The minimum Gasteiger partial charge on any atom is -0.405 e. The lowest BCUT2D eigenvalue weighted by Crippen LogP contribution is -2.17. The summed E-state index contributed by atoms with van der Waals surface area (Å²) in [5.41, 5.74) is 1.93. The van der Waals surface area contributed by atoms with Crippen LogP contribution in [-0.2, 0) is 12.5 Å². The van der Waals surface area contributed by atoms with Gasteiger partial charge in [0.2, 0.25) is 0 Å². The molecule has 33 heavy (non-hydrogen) atoms. The molecular formula is C22H20Cl2F4N4O. The van der Waals surface area contributed by atoms with Gasteiger partial charge in [0.25, 0.3) is 0 Å². The molecule has 0 aliphatic rings. The summed E-state index contributed by atoms with van der Waals surface area (Å²) in [6.45, 7) is 5.97. The minimum absolute atomic E-state index is 0. The molecular weight excluding hydrogens is 483 g/mol. The van der Waals surface area contributed by atoms with Crippen LogP contribution in [-0.4, -0.2) is 26.1 Å². The number of imidazole rings is 1. The molecule has 0 unspecified atom stereocenters. The zero-order valence-electron chi connectivity index (χ0n) is 18.0. The third-order valence-corrected chi connectivity index (χ3v) is 5.25. The number of halogens is 6. The maximum absolute atomic E-state index is 14.5. The molecule has 4 rings (SSSR count). The number of nitrogens with zero attached hydrogens (tertiary/aromatic N) is 3. The van der Waals surface area contributed by atoms with Crippen LogP contribution >= 0.6 is 24.0 Å². The van der Waals surface area contributed by atoms with Crippen molar-refractivity contribution in [3.05, 3.63) is 52.9 Å². The summed E-state index contributed by atoms with van der Waals surface area (Å²) in [5, 5.41) is 4.96. The molecule has 4 aromatic rings. The van der Waals surface area contributed by atoms with Crippen LogP contribution in [0.4, 0.5) is 17.6 Å². The second-order valence-electron chi connectivity index (χ2n) is 8.36. The van der Waals surface area contributed by atoms with E-state index in [0.29, 0.717) is 33.3 Å². The van der Waals surface area contributed by atoms with Crippen LogP contribution in [0.25, 0.3) is 33.7 Å². The fourth-order valence-electron chi connectivity index (χ4n) is 3.51. The van der Waals surface area contributed by atoms with Gasteiger partial charge in [-0.2, -0.15) is 5.10 Å². The highest BCUT2D eigenvalue weighted by atomic mass is 35.5. The van der Waals surface area contributed by atoms with Gasteiger partial charge < -0.3 is 9.72 Å². The standard InChI is InChI=1S/C22H19ClF4N4O.ClH/c1-21(2,3)19-17(23)18(31(4)30-19)20-28-13-9-8-11(10-14(13)29-20)16-12(24)6-5-7-15(16)32-22(25,26)27;/h5-10H,1-4H3,(H,28,29);1H. The SMILES string of the molecule is Cl.Cn1nc(C(C)(C)C)c(Cl)c1-c1nc2ccc(-c3c(F)cccc3OC(F)(F)F)cc2[nH]1. The number of nitrogens with one attached hydrogen (secondary N) is 1. The maximum Gasteiger partial charge on any atom is 0.573 e. The van der Waals surface area contributed by atoms with E-state index >= 15 is 0 Å². The Bertz CT molecular complexity index is 1320. The Morgan fingerprint density at radius 2 is 1.79 bits per heavy atom. The molecule has 0 radical (unpaired) electrons. The van der Waals surface area contributed by atoms with E-state index in [0.717, 1.165) is 18.2 Å². The summed E-state index contributed by atoms with van der Waals surface area (Å²) in [5.74, 6) is -1.02. The smallest absolute Gasteiger partial charge is 0.405 e. The Balaban J connectivity index is 0.00000306. The van der Waals surface area contributed by atoms with Crippen molar-refractivity contribution in [3.63, 3.8) is 0 Å². The summed E-state index contributed by atoms with van der Waals surface area (Å²) < 4.78 is 58.5. The van der Waals surface area contributed by atoms with E-state index in [-0.39, 0.29) is 28.9 Å². The molecule has 2 aromatic carbocycles. The summed E-state index contributed by atoms with van der Waals surface area (Å²) in [4.78, 5) is 7.65. The first kappa shape index (κ1) is 24.9. The van der Waals surface area contributed by atoms with E-state index in [9.17, 15) is 17.6 Å². The van der Waals surface area contributed by atoms with Crippen molar-refractivity contribution in [1.29, 1.82) is 0 Å². The highest BCUT2D eigenvalue weighted by molar-refractivity contribution is 6.33. The second kappa shape index (κ2) is 8.53. The Kier molecular flexibility index (Phi) is 6.43. The third-order valence-electron chi connectivity index (χ3n) is 4.90. The van der Waals surface area contributed by atoms with Crippen LogP contribution in [0.5, 0.6) is 5.75 Å². The third kappa shape index (κ3) is 4.79. The predicted octanol–water partition coefficient (Wildman–Crippen LogP) is 7.04. The highest BCUT2D eigenvalue weighted by Gasteiger charge is 2.33. The van der Waals surface area contributed by atoms with Crippen LogP contribution < -0.4 is 4.74 Å². The van der Waals surface area contributed by atoms with Gasteiger partial charge in [-0.1, -0.05) is 44.5 Å². The first-order valence-corrected chi connectivity index (χ1v) is 10.0. The number of benzene rings is 2. The minimum atomic E-state index is -4.95. The van der Waals surface area contributed by atoms with Crippen molar-refractivity contribution in [2.75, 3.05) is 0 Å². The molecule has 0 saturated heterocycles. The first-order valence-electron chi connectivity index (χ1n) is 9.63. The van der Waals surface area contributed by atoms with Crippen LogP contribution in [0.15, 0.2) is 36.4 Å². The quantitative estimate of drug-likeness (QED) is 0.305. The van der Waals surface area contributed by atoms with E-state index in [1.165, 1.54) is 12.1 Å². The van der Waals surface area contributed by atoms with Gasteiger partial charge in [0.1, 0.15) is 17.3 Å². The lowest BCUT2D eigenvalue weighted by atomic mass is 9.92. The van der Waals surface area contributed by atoms with Gasteiger partial charge in [-0.25, -0.2) is 9.37 Å². The van der Waals surface area contributed by atoms with Gasteiger partial charge in [-0.3, -0.25) is 4.68 Å². The van der Waals surface area contributed by atoms with Gasteiger partial charge in [0.05, 0.1) is 27.3 Å².